The molecule has 0 saturated carbocycles. The van der Waals surface area contributed by atoms with E-state index >= 15 is 0 Å². The summed E-state index contributed by atoms with van der Waals surface area (Å²) in [5, 5.41) is 7.04. The number of nitrogens with one attached hydrogen (secondary N) is 2. The molecule has 0 saturated heterocycles. The van der Waals surface area contributed by atoms with Gasteiger partial charge in [-0.1, -0.05) is 12.1 Å². The van der Waals surface area contributed by atoms with Gasteiger partial charge >= 0.3 is 6.18 Å². The van der Waals surface area contributed by atoms with Gasteiger partial charge in [-0.15, -0.1) is 11.3 Å². The predicted octanol–water partition coefficient (Wildman–Crippen LogP) is 3.74. The molecule has 0 bridgehead atoms. The smallest absolute Gasteiger partial charge is 0.419 e. The summed E-state index contributed by atoms with van der Waals surface area (Å²) < 4.78 is 48.8. The molecule has 1 aromatic carbocycles. The fourth-order valence-corrected chi connectivity index (χ4v) is 3.12. The molecular weight excluding hydrogens is 423 g/mol. The number of hydrogen-bond acceptors (Lipinski definition) is 6. The van der Waals surface area contributed by atoms with Crippen molar-refractivity contribution in [1.29, 1.82) is 0 Å². The average molecular weight is 439 g/mol. The third-order valence-electron chi connectivity index (χ3n) is 3.73. The number of alkyl halides is 3. The topological polar surface area (TPSA) is 93.5 Å². The zero-order chi connectivity index (χ0) is 21.6. The first-order chi connectivity index (χ1) is 14.3. The van der Waals surface area contributed by atoms with Gasteiger partial charge in [0.15, 0.2) is 10.9 Å². The average Bonchev–Trinajstić information content (AvgIpc) is 3.37. The number of anilines is 1. The summed E-state index contributed by atoms with van der Waals surface area (Å²) in [4.78, 5) is 28.0. The first-order valence-corrected chi connectivity index (χ1v) is 9.56. The van der Waals surface area contributed by atoms with Gasteiger partial charge in [0, 0.05) is 5.38 Å². The van der Waals surface area contributed by atoms with Crippen molar-refractivity contribution in [3.8, 4) is 5.75 Å². The molecule has 0 unspecified atom stereocenters. The van der Waals surface area contributed by atoms with Crippen LogP contribution in [0.2, 0.25) is 0 Å². The zero-order valence-corrected chi connectivity index (χ0v) is 16.2. The Balaban J connectivity index is 1.43. The molecular formula is C19H16F3N3O4S. The van der Waals surface area contributed by atoms with Crippen molar-refractivity contribution < 1.29 is 31.9 Å². The summed E-state index contributed by atoms with van der Waals surface area (Å²) in [6.07, 6.45) is -3.20. The van der Waals surface area contributed by atoms with Crippen LogP contribution in [0.15, 0.2) is 52.5 Å². The van der Waals surface area contributed by atoms with Crippen LogP contribution in [-0.4, -0.2) is 29.9 Å². The molecule has 30 heavy (non-hydrogen) atoms. The Hall–Kier alpha value is -3.34. The van der Waals surface area contributed by atoms with E-state index in [1.54, 1.807) is 11.4 Å². The molecule has 2 amide bonds. The maximum Gasteiger partial charge on any atom is 0.419 e. The minimum atomic E-state index is -4.52. The van der Waals surface area contributed by atoms with Gasteiger partial charge in [0.05, 0.1) is 30.5 Å². The highest BCUT2D eigenvalue weighted by atomic mass is 32.1. The molecule has 3 aromatic rings. The normalized spacial score (nSPS) is 11.2. The number of carbonyl (C=O) groups excluding carboxylic acids is 2. The fourth-order valence-electron chi connectivity index (χ4n) is 2.42. The Bertz CT molecular complexity index is 1000. The largest absolute Gasteiger partial charge is 0.491 e. The molecule has 0 aliphatic rings. The molecule has 2 aromatic heterocycles. The molecule has 11 heteroatoms. The number of halogens is 3. The highest BCUT2D eigenvalue weighted by Gasteiger charge is 2.33. The van der Waals surface area contributed by atoms with Gasteiger partial charge in [-0.2, -0.15) is 13.2 Å². The van der Waals surface area contributed by atoms with Crippen molar-refractivity contribution in [2.75, 3.05) is 18.5 Å². The van der Waals surface area contributed by atoms with Crippen LogP contribution in [0.3, 0.4) is 0 Å². The number of para-hydroxylation sites is 1. The van der Waals surface area contributed by atoms with Gasteiger partial charge in [0.25, 0.3) is 5.91 Å². The van der Waals surface area contributed by atoms with Crippen LogP contribution in [0.5, 0.6) is 5.75 Å². The Morgan fingerprint density at radius 1 is 1.17 bits per heavy atom. The molecule has 7 nitrogen and oxygen atoms in total. The van der Waals surface area contributed by atoms with E-state index in [1.807, 2.05) is 0 Å². The zero-order valence-electron chi connectivity index (χ0n) is 15.4. The minimum absolute atomic E-state index is 0.0250. The highest BCUT2D eigenvalue weighted by molar-refractivity contribution is 7.14. The number of furan rings is 1. The van der Waals surface area contributed by atoms with E-state index in [4.69, 9.17) is 9.15 Å². The maximum atomic E-state index is 12.9. The molecule has 0 aliphatic carbocycles. The number of carbonyl (C=O) groups is 2. The van der Waals surface area contributed by atoms with Gasteiger partial charge in [-0.25, -0.2) is 4.98 Å². The summed E-state index contributed by atoms with van der Waals surface area (Å²) in [7, 11) is 0. The van der Waals surface area contributed by atoms with Crippen molar-refractivity contribution in [2.45, 2.75) is 12.6 Å². The van der Waals surface area contributed by atoms with E-state index in [0.29, 0.717) is 10.8 Å². The number of hydrogen-bond donors (Lipinski definition) is 2. The van der Waals surface area contributed by atoms with Crippen LogP contribution >= 0.6 is 11.3 Å². The van der Waals surface area contributed by atoms with Crippen molar-refractivity contribution in [3.63, 3.8) is 0 Å². The van der Waals surface area contributed by atoms with Crippen LogP contribution in [0, 0.1) is 0 Å². The third-order valence-corrected chi connectivity index (χ3v) is 4.54. The Kier molecular flexibility index (Phi) is 6.72. The van der Waals surface area contributed by atoms with Gasteiger partial charge in [-0.3, -0.25) is 14.9 Å². The molecule has 0 fully saturated rings. The summed E-state index contributed by atoms with van der Waals surface area (Å²) in [6.45, 7) is -0.0996. The van der Waals surface area contributed by atoms with E-state index in [0.717, 1.165) is 17.4 Å². The number of aromatic nitrogens is 1. The fraction of sp³-hybridized carbons (Fsp3) is 0.211. The molecule has 3 rings (SSSR count). The summed E-state index contributed by atoms with van der Waals surface area (Å²) >= 11 is 1.15. The maximum absolute atomic E-state index is 12.9. The van der Waals surface area contributed by atoms with Gasteiger partial charge < -0.3 is 14.5 Å². The van der Waals surface area contributed by atoms with E-state index in [9.17, 15) is 22.8 Å². The van der Waals surface area contributed by atoms with Crippen molar-refractivity contribution in [1.82, 2.24) is 10.3 Å². The lowest BCUT2D eigenvalue weighted by molar-refractivity contribution is -0.139. The second kappa shape index (κ2) is 9.44. The van der Waals surface area contributed by atoms with Crippen LogP contribution in [0.1, 0.15) is 21.8 Å². The second-order valence-electron chi connectivity index (χ2n) is 5.94. The lowest BCUT2D eigenvalue weighted by atomic mass is 10.2. The first kappa shape index (κ1) is 21.4. The molecule has 0 aliphatic heterocycles. The standard InChI is InChI=1S/C19H16F3N3O4S/c20-19(21,22)13-4-1-2-5-14(13)29-9-7-23-16(26)10-12-11-30-18(24-12)25-17(27)15-6-3-8-28-15/h1-6,8,11H,7,9-10H2,(H,23,26)(H,24,25,27). The Morgan fingerprint density at radius 3 is 2.70 bits per heavy atom. The molecule has 158 valence electrons. The number of thiazole rings is 1. The lowest BCUT2D eigenvalue weighted by Gasteiger charge is -2.13. The third kappa shape index (κ3) is 5.83. The minimum Gasteiger partial charge on any atom is -0.491 e. The van der Waals surface area contributed by atoms with Crippen LogP contribution < -0.4 is 15.4 Å². The number of benzene rings is 1. The molecule has 2 N–H and O–H groups in total. The molecule has 0 spiro atoms. The van der Waals surface area contributed by atoms with Crippen molar-refractivity contribution in [3.05, 3.63) is 65.1 Å². The van der Waals surface area contributed by atoms with E-state index in [2.05, 4.69) is 15.6 Å². The summed E-state index contributed by atoms with van der Waals surface area (Å²) in [5.74, 6) is -0.995. The Morgan fingerprint density at radius 2 is 1.97 bits per heavy atom. The first-order valence-electron chi connectivity index (χ1n) is 8.68. The van der Waals surface area contributed by atoms with Crippen molar-refractivity contribution >= 4 is 28.3 Å². The SMILES string of the molecule is O=C(Cc1csc(NC(=O)c2ccco2)n1)NCCOc1ccccc1C(F)(F)F. The van der Waals surface area contributed by atoms with Gasteiger partial charge in [0.1, 0.15) is 12.4 Å². The number of nitrogens with zero attached hydrogens (tertiary/aromatic N) is 1. The highest BCUT2D eigenvalue weighted by Crippen LogP contribution is 2.35. The summed E-state index contributed by atoms with van der Waals surface area (Å²) in [6, 6.07) is 7.95. The number of amides is 2. The monoisotopic (exact) mass is 439 g/mol. The van der Waals surface area contributed by atoms with E-state index < -0.39 is 17.6 Å². The number of rotatable bonds is 8. The lowest BCUT2D eigenvalue weighted by Crippen LogP contribution is -2.29. The van der Waals surface area contributed by atoms with Crippen LogP contribution in [-0.2, 0) is 17.4 Å². The molecule has 0 radical (unpaired) electrons. The van der Waals surface area contributed by atoms with E-state index in [1.165, 1.54) is 30.5 Å². The Labute approximate surface area is 172 Å². The number of ether oxygens (including phenoxy) is 1. The van der Waals surface area contributed by atoms with E-state index in [-0.39, 0.29) is 37.0 Å². The predicted molar refractivity (Wildman–Crippen MR) is 102 cm³/mol. The second-order valence-corrected chi connectivity index (χ2v) is 6.80. The van der Waals surface area contributed by atoms with Gasteiger partial charge in [0.2, 0.25) is 5.91 Å². The molecule has 2 heterocycles. The molecule has 0 atom stereocenters. The van der Waals surface area contributed by atoms with Gasteiger partial charge in [-0.05, 0) is 24.3 Å². The summed E-state index contributed by atoms with van der Waals surface area (Å²) in [5.41, 5.74) is -0.432. The van der Waals surface area contributed by atoms with Crippen LogP contribution in [0.4, 0.5) is 18.3 Å². The quantitative estimate of drug-likeness (QED) is 0.522. The van der Waals surface area contributed by atoms with Crippen LogP contribution in [0.25, 0.3) is 0 Å². The van der Waals surface area contributed by atoms with Crippen molar-refractivity contribution in [2.24, 2.45) is 0 Å².